The van der Waals surface area contributed by atoms with Gasteiger partial charge in [0.25, 0.3) is 0 Å². The normalized spacial score (nSPS) is 10.7. The zero-order valence-electron chi connectivity index (χ0n) is 10.6. The average Bonchev–Trinajstić information content (AvgIpc) is 2.91. The zero-order chi connectivity index (χ0) is 12.6. The molecule has 0 radical (unpaired) electrons. The van der Waals surface area contributed by atoms with Crippen molar-refractivity contribution in [3.05, 3.63) is 48.0 Å². The lowest BCUT2D eigenvalue weighted by molar-refractivity contribution is 0.530. The smallest absolute Gasteiger partial charge is 0.114 e. The first-order valence-electron chi connectivity index (χ1n) is 6.19. The summed E-state index contributed by atoms with van der Waals surface area (Å²) in [4.78, 5) is 4.44. The van der Waals surface area contributed by atoms with E-state index in [2.05, 4.69) is 29.4 Å². The van der Waals surface area contributed by atoms with E-state index in [0.717, 1.165) is 36.0 Å². The van der Waals surface area contributed by atoms with E-state index in [0.29, 0.717) is 0 Å². The van der Waals surface area contributed by atoms with Crippen LogP contribution in [0.4, 0.5) is 0 Å². The summed E-state index contributed by atoms with van der Waals surface area (Å²) in [6.45, 7) is 4.11. The van der Waals surface area contributed by atoms with Crippen LogP contribution >= 0.6 is 11.8 Å². The van der Waals surface area contributed by atoms with E-state index in [-0.39, 0.29) is 0 Å². The summed E-state index contributed by atoms with van der Waals surface area (Å²) < 4.78 is 5.29. The predicted molar refractivity (Wildman–Crippen MR) is 74.5 cm³/mol. The molecule has 0 fully saturated rings. The van der Waals surface area contributed by atoms with Gasteiger partial charge < -0.3 is 9.73 Å². The second-order valence-electron chi connectivity index (χ2n) is 4.05. The fourth-order valence-corrected chi connectivity index (χ4v) is 2.30. The maximum Gasteiger partial charge on any atom is 0.114 e. The van der Waals surface area contributed by atoms with Gasteiger partial charge in [0.2, 0.25) is 0 Å². The van der Waals surface area contributed by atoms with Crippen LogP contribution in [0.3, 0.4) is 0 Å². The second-order valence-corrected chi connectivity index (χ2v) is 5.05. The molecule has 0 amide bonds. The molecule has 96 valence electrons. The second kappa shape index (κ2) is 7.24. The van der Waals surface area contributed by atoms with E-state index < -0.39 is 0 Å². The lowest BCUT2D eigenvalue weighted by Crippen LogP contribution is -2.13. The lowest BCUT2D eigenvalue weighted by atomic mass is 10.3. The molecule has 0 saturated carbocycles. The van der Waals surface area contributed by atoms with E-state index in [9.17, 15) is 0 Å². The van der Waals surface area contributed by atoms with Gasteiger partial charge in [-0.15, -0.1) is 0 Å². The van der Waals surface area contributed by atoms with Crippen molar-refractivity contribution >= 4 is 11.8 Å². The number of hydrogen-bond acceptors (Lipinski definition) is 4. The number of hydrogen-bond donors (Lipinski definition) is 1. The van der Waals surface area contributed by atoms with E-state index in [1.54, 1.807) is 18.0 Å². The van der Waals surface area contributed by atoms with Gasteiger partial charge in [0.15, 0.2) is 0 Å². The summed E-state index contributed by atoms with van der Waals surface area (Å²) >= 11 is 1.69. The molecule has 0 spiro atoms. The highest BCUT2D eigenvalue weighted by Crippen LogP contribution is 2.20. The Labute approximate surface area is 112 Å². The highest BCUT2D eigenvalue weighted by molar-refractivity contribution is 7.98. The first-order valence-corrected chi connectivity index (χ1v) is 7.18. The number of rotatable bonds is 7. The van der Waals surface area contributed by atoms with Gasteiger partial charge >= 0.3 is 0 Å². The van der Waals surface area contributed by atoms with Crippen LogP contribution in [0.15, 0.2) is 46.2 Å². The first-order chi connectivity index (χ1) is 8.88. The third kappa shape index (κ3) is 4.20. The summed E-state index contributed by atoms with van der Waals surface area (Å²) in [6.07, 6.45) is 4.80. The number of nitrogens with one attached hydrogen (secondary N) is 1. The summed E-state index contributed by atoms with van der Waals surface area (Å²) in [5, 5.41) is 4.40. The molecule has 0 atom stereocenters. The van der Waals surface area contributed by atoms with Gasteiger partial charge in [0.1, 0.15) is 5.76 Å². The van der Waals surface area contributed by atoms with Crippen LogP contribution in [0.5, 0.6) is 0 Å². The number of furan rings is 1. The molecule has 0 aliphatic rings. The summed E-state index contributed by atoms with van der Waals surface area (Å²) in [5.74, 6) is 1.81. The van der Waals surface area contributed by atoms with Crippen molar-refractivity contribution in [2.45, 2.75) is 30.7 Å². The Bertz CT molecular complexity index is 439. The Kier molecular flexibility index (Phi) is 5.30. The predicted octanol–water partition coefficient (Wildman–Crippen LogP) is 3.47. The van der Waals surface area contributed by atoms with Crippen LogP contribution in [0.1, 0.15) is 24.7 Å². The van der Waals surface area contributed by atoms with Crippen LogP contribution in [0.25, 0.3) is 0 Å². The van der Waals surface area contributed by atoms with Crippen LogP contribution < -0.4 is 5.32 Å². The SMILES string of the molecule is CCCNCc1ccc(SCc2ccco2)nc1. The standard InChI is InChI=1S/C14H18N2OS/c1-2-7-15-9-12-5-6-14(16-10-12)18-11-13-4-3-8-17-13/h3-6,8,10,15H,2,7,9,11H2,1H3. The molecule has 0 bridgehead atoms. The highest BCUT2D eigenvalue weighted by atomic mass is 32.2. The maximum absolute atomic E-state index is 5.29. The molecule has 0 unspecified atom stereocenters. The van der Waals surface area contributed by atoms with Crippen LogP contribution in [0.2, 0.25) is 0 Å². The Morgan fingerprint density at radius 2 is 2.28 bits per heavy atom. The lowest BCUT2D eigenvalue weighted by Gasteiger charge is -2.04. The fourth-order valence-electron chi connectivity index (χ4n) is 1.55. The van der Waals surface area contributed by atoms with Crippen molar-refractivity contribution in [2.75, 3.05) is 6.54 Å². The summed E-state index contributed by atoms with van der Waals surface area (Å²) in [5.41, 5.74) is 1.23. The molecular weight excluding hydrogens is 244 g/mol. The molecule has 2 rings (SSSR count). The van der Waals surface area contributed by atoms with Gasteiger partial charge in [-0.2, -0.15) is 0 Å². The Morgan fingerprint density at radius 1 is 1.33 bits per heavy atom. The van der Waals surface area contributed by atoms with Gasteiger partial charge in [0.05, 0.1) is 17.0 Å². The molecule has 4 heteroatoms. The van der Waals surface area contributed by atoms with Crippen LogP contribution in [-0.2, 0) is 12.3 Å². The molecule has 18 heavy (non-hydrogen) atoms. The van der Waals surface area contributed by atoms with Gasteiger partial charge in [-0.3, -0.25) is 0 Å². The Morgan fingerprint density at radius 3 is 2.94 bits per heavy atom. The largest absolute Gasteiger partial charge is 0.468 e. The van der Waals surface area contributed by atoms with Crippen molar-refractivity contribution in [1.29, 1.82) is 0 Å². The first kappa shape index (κ1) is 13.2. The minimum absolute atomic E-state index is 0.827. The van der Waals surface area contributed by atoms with E-state index >= 15 is 0 Å². The molecule has 2 aromatic rings. The third-order valence-electron chi connectivity index (χ3n) is 2.50. The molecule has 0 aromatic carbocycles. The van der Waals surface area contributed by atoms with Gasteiger partial charge in [-0.05, 0) is 36.7 Å². The van der Waals surface area contributed by atoms with Crippen LogP contribution in [-0.4, -0.2) is 11.5 Å². The monoisotopic (exact) mass is 262 g/mol. The van der Waals surface area contributed by atoms with Crippen molar-refractivity contribution < 1.29 is 4.42 Å². The summed E-state index contributed by atoms with van der Waals surface area (Å²) in [6, 6.07) is 8.08. The Balaban J connectivity index is 1.80. The van der Waals surface area contributed by atoms with Crippen molar-refractivity contribution in [2.24, 2.45) is 0 Å². The highest BCUT2D eigenvalue weighted by Gasteiger charge is 2.00. The molecule has 1 N–H and O–H groups in total. The molecule has 0 aliphatic carbocycles. The number of aromatic nitrogens is 1. The molecule has 3 nitrogen and oxygen atoms in total. The fraction of sp³-hybridized carbons (Fsp3) is 0.357. The van der Waals surface area contributed by atoms with E-state index in [4.69, 9.17) is 4.42 Å². The van der Waals surface area contributed by atoms with Crippen molar-refractivity contribution in [3.63, 3.8) is 0 Å². The quantitative estimate of drug-likeness (QED) is 0.612. The average molecular weight is 262 g/mol. The van der Waals surface area contributed by atoms with Crippen LogP contribution in [0, 0.1) is 0 Å². The molecule has 2 heterocycles. The molecule has 0 saturated heterocycles. The third-order valence-corrected chi connectivity index (χ3v) is 3.46. The van der Waals surface area contributed by atoms with Gasteiger partial charge in [-0.1, -0.05) is 24.8 Å². The van der Waals surface area contributed by atoms with Crippen molar-refractivity contribution in [1.82, 2.24) is 10.3 Å². The summed E-state index contributed by atoms with van der Waals surface area (Å²) in [7, 11) is 0. The number of pyridine rings is 1. The zero-order valence-corrected chi connectivity index (χ0v) is 11.4. The number of thioether (sulfide) groups is 1. The minimum Gasteiger partial charge on any atom is -0.468 e. The molecule has 2 aromatic heterocycles. The van der Waals surface area contributed by atoms with Crippen molar-refractivity contribution in [3.8, 4) is 0 Å². The van der Waals surface area contributed by atoms with E-state index in [1.807, 2.05) is 18.3 Å². The molecular formula is C14H18N2OS. The number of nitrogens with zero attached hydrogens (tertiary/aromatic N) is 1. The topological polar surface area (TPSA) is 38.1 Å². The Hall–Kier alpha value is -1.26. The van der Waals surface area contributed by atoms with Gasteiger partial charge in [-0.25, -0.2) is 4.98 Å². The molecule has 0 aliphatic heterocycles. The van der Waals surface area contributed by atoms with Gasteiger partial charge in [0, 0.05) is 12.7 Å². The maximum atomic E-state index is 5.29. The van der Waals surface area contributed by atoms with E-state index in [1.165, 1.54) is 5.56 Å². The minimum atomic E-state index is 0.827.